The molecule has 1 saturated carbocycles. The second kappa shape index (κ2) is 5.75. The monoisotopic (exact) mass is 197 g/mol. The maximum Gasteiger partial charge on any atom is 0.00694 e. The molecule has 1 aliphatic carbocycles. The van der Waals surface area contributed by atoms with Gasteiger partial charge in [0.2, 0.25) is 0 Å². The van der Waals surface area contributed by atoms with E-state index in [1.807, 2.05) is 0 Å². The molecule has 0 saturated heterocycles. The first-order valence-electron chi connectivity index (χ1n) is 6.35. The molecule has 14 heavy (non-hydrogen) atoms. The Morgan fingerprint density at radius 3 is 2.14 bits per heavy atom. The molecule has 0 heterocycles. The van der Waals surface area contributed by atoms with Gasteiger partial charge in [0.25, 0.3) is 0 Å². The van der Waals surface area contributed by atoms with Gasteiger partial charge in [-0.25, -0.2) is 0 Å². The highest BCUT2D eigenvalue weighted by atomic mass is 14.9. The molecule has 0 aromatic carbocycles. The van der Waals surface area contributed by atoms with E-state index in [4.69, 9.17) is 0 Å². The molecular formula is C13H27N. The van der Waals surface area contributed by atoms with Gasteiger partial charge in [0.15, 0.2) is 0 Å². The fraction of sp³-hybridized carbons (Fsp3) is 1.00. The Morgan fingerprint density at radius 1 is 1.07 bits per heavy atom. The summed E-state index contributed by atoms with van der Waals surface area (Å²) >= 11 is 0. The topological polar surface area (TPSA) is 12.0 Å². The van der Waals surface area contributed by atoms with Crippen LogP contribution in [0.1, 0.15) is 59.8 Å². The molecule has 1 nitrogen and oxygen atoms in total. The predicted molar refractivity (Wildman–Crippen MR) is 63.5 cm³/mol. The van der Waals surface area contributed by atoms with Crippen LogP contribution >= 0.6 is 0 Å². The zero-order valence-electron chi connectivity index (χ0n) is 10.3. The highest BCUT2D eigenvalue weighted by Crippen LogP contribution is 2.29. The van der Waals surface area contributed by atoms with E-state index in [-0.39, 0.29) is 0 Å². The molecule has 0 radical (unpaired) electrons. The fourth-order valence-electron chi connectivity index (χ4n) is 2.19. The van der Waals surface area contributed by atoms with E-state index in [1.54, 1.807) is 0 Å². The highest BCUT2D eigenvalue weighted by molar-refractivity contribution is 4.81. The zero-order valence-corrected chi connectivity index (χ0v) is 10.3. The Hall–Kier alpha value is -0.0400. The van der Waals surface area contributed by atoms with Gasteiger partial charge in [-0.1, -0.05) is 20.3 Å². The maximum atomic E-state index is 3.74. The predicted octanol–water partition coefficient (Wildman–Crippen LogP) is 3.59. The van der Waals surface area contributed by atoms with Crippen molar-refractivity contribution in [3.05, 3.63) is 0 Å². The molecule has 1 fully saturated rings. The molecule has 0 aromatic heterocycles. The molecule has 1 heteroatoms. The van der Waals surface area contributed by atoms with Gasteiger partial charge in [-0.05, 0) is 51.4 Å². The standard InChI is InChI=1S/C13H27N/c1-10(2)8-9-11(3)14-12(4)13-6-5-7-13/h10-14H,5-9H2,1-4H3. The Bertz CT molecular complexity index is 149. The molecule has 0 spiro atoms. The van der Waals surface area contributed by atoms with Gasteiger partial charge < -0.3 is 5.32 Å². The van der Waals surface area contributed by atoms with Crippen molar-refractivity contribution in [1.82, 2.24) is 5.32 Å². The van der Waals surface area contributed by atoms with Gasteiger partial charge in [0, 0.05) is 12.1 Å². The summed E-state index contributed by atoms with van der Waals surface area (Å²) in [5.41, 5.74) is 0. The van der Waals surface area contributed by atoms with Crippen molar-refractivity contribution in [3.63, 3.8) is 0 Å². The van der Waals surface area contributed by atoms with E-state index in [1.165, 1.54) is 32.1 Å². The number of nitrogens with one attached hydrogen (secondary N) is 1. The number of rotatable bonds is 6. The van der Waals surface area contributed by atoms with Crippen molar-refractivity contribution in [2.75, 3.05) is 0 Å². The van der Waals surface area contributed by atoms with E-state index >= 15 is 0 Å². The van der Waals surface area contributed by atoms with Crippen LogP contribution in [0.25, 0.3) is 0 Å². The molecule has 0 aromatic rings. The molecule has 2 atom stereocenters. The summed E-state index contributed by atoms with van der Waals surface area (Å²) in [5.74, 6) is 1.81. The van der Waals surface area contributed by atoms with Crippen LogP contribution in [0.5, 0.6) is 0 Å². The minimum atomic E-state index is 0.702. The smallest absolute Gasteiger partial charge is 0.00694 e. The molecule has 2 unspecified atom stereocenters. The van der Waals surface area contributed by atoms with Crippen LogP contribution in [0.3, 0.4) is 0 Å². The van der Waals surface area contributed by atoms with Gasteiger partial charge in [-0.15, -0.1) is 0 Å². The van der Waals surface area contributed by atoms with Gasteiger partial charge in [0.05, 0.1) is 0 Å². The van der Waals surface area contributed by atoms with Crippen LogP contribution in [0, 0.1) is 11.8 Å². The third kappa shape index (κ3) is 4.00. The lowest BCUT2D eigenvalue weighted by Gasteiger charge is -2.34. The van der Waals surface area contributed by atoms with Gasteiger partial charge in [0.1, 0.15) is 0 Å². The van der Waals surface area contributed by atoms with E-state index in [9.17, 15) is 0 Å². The third-order valence-corrected chi connectivity index (χ3v) is 3.58. The van der Waals surface area contributed by atoms with Crippen LogP contribution in [0.2, 0.25) is 0 Å². The maximum absolute atomic E-state index is 3.74. The zero-order chi connectivity index (χ0) is 10.6. The average Bonchev–Trinajstić information content (AvgIpc) is 1.97. The summed E-state index contributed by atoms with van der Waals surface area (Å²) < 4.78 is 0. The second-order valence-corrected chi connectivity index (χ2v) is 5.52. The molecule has 0 amide bonds. The van der Waals surface area contributed by atoms with Crippen LogP contribution < -0.4 is 5.32 Å². The number of hydrogen-bond acceptors (Lipinski definition) is 1. The Morgan fingerprint density at radius 2 is 1.71 bits per heavy atom. The van der Waals surface area contributed by atoms with Crippen LogP contribution in [-0.4, -0.2) is 12.1 Å². The molecule has 1 rings (SSSR count). The summed E-state index contributed by atoms with van der Waals surface area (Å²) in [6.07, 6.45) is 7.04. The van der Waals surface area contributed by atoms with Crippen molar-refractivity contribution in [3.8, 4) is 0 Å². The van der Waals surface area contributed by atoms with E-state index < -0.39 is 0 Å². The lowest BCUT2D eigenvalue weighted by molar-refractivity contribution is 0.225. The SMILES string of the molecule is CC(C)CCC(C)NC(C)C1CCC1. The van der Waals surface area contributed by atoms with E-state index in [0.29, 0.717) is 6.04 Å². The minimum absolute atomic E-state index is 0.702. The second-order valence-electron chi connectivity index (χ2n) is 5.52. The lowest BCUT2D eigenvalue weighted by Crippen LogP contribution is -2.41. The molecular weight excluding hydrogens is 170 g/mol. The Labute approximate surface area is 89.7 Å². The quantitative estimate of drug-likeness (QED) is 0.686. The molecule has 1 N–H and O–H groups in total. The first-order chi connectivity index (χ1) is 6.59. The average molecular weight is 197 g/mol. The first kappa shape index (κ1) is 12.0. The van der Waals surface area contributed by atoms with Crippen molar-refractivity contribution >= 4 is 0 Å². The lowest BCUT2D eigenvalue weighted by atomic mass is 9.80. The van der Waals surface area contributed by atoms with Crippen LogP contribution in [0.4, 0.5) is 0 Å². The summed E-state index contributed by atoms with van der Waals surface area (Å²) in [6, 6.07) is 1.44. The summed E-state index contributed by atoms with van der Waals surface area (Å²) in [5, 5.41) is 3.74. The van der Waals surface area contributed by atoms with E-state index in [0.717, 1.165) is 17.9 Å². The van der Waals surface area contributed by atoms with Crippen molar-refractivity contribution in [2.24, 2.45) is 11.8 Å². The van der Waals surface area contributed by atoms with Gasteiger partial charge >= 0.3 is 0 Å². The summed E-state index contributed by atoms with van der Waals surface area (Å²) in [6.45, 7) is 9.30. The van der Waals surface area contributed by atoms with Crippen LogP contribution in [-0.2, 0) is 0 Å². The normalized spacial score (nSPS) is 22.1. The van der Waals surface area contributed by atoms with Crippen molar-refractivity contribution in [1.29, 1.82) is 0 Å². The largest absolute Gasteiger partial charge is 0.312 e. The third-order valence-electron chi connectivity index (χ3n) is 3.58. The van der Waals surface area contributed by atoms with Gasteiger partial charge in [-0.2, -0.15) is 0 Å². The molecule has 84 valence electrons. The van der Waals surface area contributed by atoms with Crippen LogP contribution in [0.15, 0.2) is 0 Å². The van der Waals surface area contributed by atoms with Gasteiger partial charge in [-0.3, -0.25) is 0 Å². The fourth-order valence-corrected chi connectivity index (χ4v) is 2.19. The summed E-state index contributed by atoms with van der Waals surface area (Å²) in [4.78, 5) is 0. The number of hydrogen-bond donors (Lipinski definition) is 1. The summed E-state index contributed by atoms with van der Waals surface area (Å²) in [7, 11) is 0. The van der Waals surface area contributed by atoms with E-state index in [2.05, 4.69) is 33.0 Å². The van der Waals surface area contributed by atoms with Crippen molar-refractivity contribution in [2.45, 2.75) is 71.9 Å². The molecule has 1 aliphatic rings. The Kier molecular flexibility index (Phi) is 4.94. The first-order valence-corrected chi connectivity index (χ1v) is 6.35. The highest BCUT2D eigenvalue weighted by Gasteiger charge is 2.24. The van der Waals surface area contributed by atoms with Crippen molar-refractivity contribution < 1.29 is 0 Å². The molecule has 0 aliphatic heterocycles. The Balaban J connectivity index is 2.08. The molecule has 0 bridgehead atoms. The minimum Gasteiger partial charge on any atom is -0.312 e.